The molecule has 7 aromatic rings. The maximum atomic E-state index is 15.5. The average Bonchev–Trinajstić information content (AvgIpc) is 0.791. The number of benzene rings is 6. The zero-order valence-corrected chi connectivity index (χ0v) is 73.2. The van der Waals surface area contributed by atoms with Gasteiger partial charge < -0.3 is 115 Å². The zero-order valence-electron chi connectivity index (χ0n) is 73.2. The SMILES string of the molecule is COc1cc(OC)c2cc1[nH]c(=O)c1cc(c(OCCOCCC(C)C)cc1OCCOCCC(C)C)c(=O)[nH]c1cc([nH]c(=O)c3cc(c(OCCOCCC(C)C)cc3OCCOCCC(C)C)c(=O)[nH]c3cc([nH]c(=O)c4cc(c(OCCOCCC(C)C)cc4OCCOCCC(C)C)c(=O)[nH]2)c(OC)cc3OC)c(OC)cc1OC. The molecule has 12 bridgehead atoms. The summed E-state index contributed by atoms with van der Waals surface area (Å²) < 4.78 is 110. The van der Waals surface area contributed by atoms with Crippen LogP contribution in [0.4, 0.5) is 0 Å². The summed E-state index contributed by atoms with van der Waals surface area (Å²) in [5.74, 6) is 2.33. The normalized spacial score (nSPS) is 11.4. The number of methoxy groups -OCH3 is 6. The van der Waals surface area contributed by atoms with Gasteiger partial charge in [-0.25, -0.2) is 0 Å². The summed E-state index contributed by atoms with van der Waals surface area (Å²) in [6, 6.07) is 16.7. The Labute approximate surface area is 700 Å². The molecule has 7 rings (SSSR count). The van der Waals surface area contributed by atoms with Crippen molar-refractivity contribution in [3.05, 3.63) is 135 Å². The Kier molecular flexibility index (Phi) is 40.7. The van der Waals surface area contributed by atoms with Crippen molar-refractivity contribution in [1.29, 1.82) is 0 Å². The van der Waals surface area contributed by atoms with Crippen molar-refractivity contribution in [2.75, 3.05) is 162 Å². The summed E-state index contributed by atoms with van der Waals surface area (Å²) in [7, 11) is 8.22. The van der Waals surface area contributed by atoms with Gasteiger partial charge in [-0.1, -0.05) is 83.1 Å². The number of rotatable bonds is 48. The first-order chi connectivity index (χ1) is 57.7. The lowest BCUT2D eigenvalue weighted by Crippen LogP contribution is -2.14. The van der Waals surface area contributed by atoms with E-state index < -0.39 is 33.4 Å². The Morgan fingerprint density at radius 2 is 0.333 bits per heavy atom. The highest BCUT2D eigenvalue weighted by Crippen LogP contribution is 2.35. The predicted octanol–water partition coefficient (Wildman–Crippen LogP) is 14.5. The summed E-state index contributed by atoms with van der Waals surface area (Å²) in [4.78, 5) is 111. The van der Waals surface area contributed by atoms with E-state index >= 15 is 28.8 Å². The van der Waals surface area contributed by atoms with E-state index in [0.717, 1.165) is 38.5 Å². The van der Waals surface area contributed by atoms with Gasteiger partial charge in [0.15, 0.2) is 0 Å². The second-order valence-electron chi connectivity index (χ2n) is 30.9. The third-order valence-electron chi connectivity index (χ3n) is 18.7. The van der Waals surface area contributed by atoms with E-state index in [1.54, 1.807) is 0 Å². The Morgan fingerprint density at radius 3 is 0.467 bits per heavy atom. The van der Waals surface area contributed by atoms with Crippen LogP contribution in [-0.2, 0) is 28.4 Å². The van der Waals surface area contributed by atoms with E-state index in [0.29, 0.717) is 75.1 Å². The molecular formula is C90H126N6O24. The molecule has 0 saturated heterocycles. The van der Waals surface area contributed by atoms with Crippen LogP contribution in [-0.4, -0.2) is 191 Å². The van der Waals surface area contributed by atoms with E-state index in [1.807, 2.05) is 0 Å². The Balaban J connectivity index is 1.76. The van der Waals surface area contributed by atoms with E-state index in [-0.39, 0.29) is 214 Å². The molecule has 0 radical (unpaired) electrons. The molecule has 0 aliphatic carbocycles. The number of ether oxygens (including phenoxy) is 18. The van der Waals surface area contributed by atoms with Gasteiger partial charge in [0.1, 0.15) is 109 Å². The molecule has 0 amide bonds. The maximum Gasteiger partial charge on any atom is 0.259 e. The van der Waals surface area contributed by atoms with Gasteiger partial charge in [-0.15, -0.1) is 0 Å². The van der Waals surface area contributed by atoms with E-state index in [1.165, 1.54) is 115 Å². The molecule has 0 atom stereocenters. The van der Waals surface area contributed by atoms with Gasteiger partial charge in [-0.3, -0.25) is 28.8 Å². The topological polar surface area (TPSA) is 363 Å². The predicted molar refractivity (Wildman–Crippen MR) is 468 cm³/mol. The monoisotopic (exact) mass is 1670 g/mol. The molecule has 0 saturated carbocycles. The molecule has 0 spiro atoms. The lowest BCUT2D eigenvalue weighted by molar-refractivity contribution is 0.0909. The van der Waals surface area contributed by atoms with Crippen LogP contribution in [0.5, 0.6) is 69.0 Å². The number of fused-ring (bicyclic) bond motifs is 12. The summed E-state index contributed by atoms with van der Waals surface area (Å²) in [6.07, 6.45) is 4.66. The Bertz CT molecular complexity index is 4400. The van der Waals surface area contributed by atoms with E-state index in [9.17, 15) is 0 Å². The minimum atomic E-state index is -0.840. The van der Waals surface area contributed by atoms with Gasteiger partial charge in [0.05, 0.1) is 148 Å². The summed E-state index contributed by atoms with van der Waals surface area (Å²) in [5.41, 5.74) is -5.09. The first-order valence-electron chi connectivity index (χ1n) is 41.1. The van der Waals surface area contributed by atoms with Crippen molar-refractivity contribution < 1.29 is 85.3 Å². The molecule has 0 aliphatic heterocycles. The number of aromatic nitrogens is 6. The van der Waals surface area contributed by atoms with Gasteiger partial charge >= 0.3 is 0 Å². The highest BCUT2D eigenvalue weighted by atomic mass is 16.6. The fourth-order valence-electron chi connectivity index (χ4n) is 11.7. The van der Waals surface area contributed by atoms with Crippen LogP contribution in [0.2, 0.25) is 0 Å². The number of hydrogen-bond donors (Lipinski definition) is 6. The molecule has 6 aromatic carbocycles. The molecule has 120 heavy (non-hydrogen) atoms. The molecule has 1 heterocycles. The van der Waals surface area contributed by atoms with Gasteiger partial charge in [-0.2, -0.15) is 0 Å². The lowest BCUT2D eigenvalue weighted by atomic mass is 10.1. The summed E-state index contributed by atoms with van der Waals surface area (Å²) in [6.45, 7) is 27.9. The molecule has 30 nitrogen and oxygen atoms in total. The molecule has 660 valence electrons. The van der Waals surface area contributed by atoms with Gasteiger partial charge in [0, 0.05) is 76.0 Å². The third-order valence-corrected chi connectivity index (χ3v) is 18.7. The molecule has 0 aliphatic rings. The summed E-state index contributed by atoms with van der Waals surface area (Å²) >= 11 is 0. The fraction of sp³-hybridized carbons (Fsp3) is 0.533. The van der Waals surface area contributed by atoms with Gasteiger partial charge in [0.2, 0.25) is 0 Å². The van der Waals surface area contributed by atoms with Gasteiger partial charge in [-0.05, 0) is 110 Å². The van der Waals surface area contributed by atoms with Crippen molar-refractivity contribution in [3.8, 4) is 69.0 Å². The maximum absolute atomic E-state index is 15.5. The first-order valence-corrected chi connectivity index (χ1v) is 41.1. The molecule has 30 heteroatoms. The van der Waals surface area contributed by atoms with Crippen LogP contribution in [0.15, 0.2) is 102 Å². The second kappa shape index (κ2) is 50.5. The zero-order chi connectivity index (χ0) is 87.2. The smallest absolute Gasteiger partial charge is 0.259 e. The van der Waals surface area contributed by atoms with Crippen LogP contribution in [0.3, 0.4) is 0 Å². The number of nitrogens with one attached hydrogen (secondary N) is 6. The molecule has 1 aromatic heterocycles. The highest BCUT2D eigenvalue weighted by Gasteiger charge is 2.20. The van der Waals surface area contributed by atoms with Crippen molar-refractivity contribution in [2.24, 2.45) is 35.5 Å². The van der Waals surface area contributed by atoms with Crippen molar-refractivity contribution in [3.63, 3.8) is 0 Å². The quantitative estimate of drug-likeness (QED) is 0.0193. The van der Waals surface area contributed by atoms with E-state index in [2.05, 4.69) is 113 Å². The van der Waals surface area contributed by atoms with Crippen LogP contribution >= 0.6 is 0 Å². The van der Waals surface area contributed by atoms with Crippen LogP contribution < -0.4 is 90.2 Å². The van der Waals surface area contributed by atoms with Crippen molar-refractivity contribution >= 4 is 65.4 Å². The van der Waals surface area contributed by atoms with Crippen LogP contribution in [0, 0.1) is 35.5 Å². The highest BCUT2D eigenvalue weighted by molar-refractivity contribution is 5.84. The van der Waals surface area contributed by atoms with Crippen molar-refractivity contribution in [1.82, 2.24) is 29.9 Å². The fourth-order valence-corrected chi connectivity index (χ4v) is 11.7. The number of H-pyrrole nitrogens is 6. The van der Waals surface area contributed by atoms with Crippen LogP contribution in [0.1, 0.15) is 122 Å². The Hall–Kier alpha value is -10.5. The second-order valence-corrected chi connectivity index (χ2v) is 30.9. The minimum Gasteiger partial charge on any atom is -0.494 e. The van der Waals surface area contributed by atoms with Crippen molar-refractivity contribution in [2.45, 2.75) is 122 Å². The average molecular weight is 1680 g/mol. The molecule has 0 unspecified atom stereocenters. The summed E-state index contributed by atoms with van der Waals surface area (Å²) in [5, 5.41) is -1.12. The lowest BCUT2D eigenvalue weighted by Gasteiger charge is -2.13. The van der Waals surface area contributed by atoms with Gasteiger partial charge in [0.25, 0.3) is 33.4 Å². The minimum absolute atomic E-state index is 0.00889. The van der Waals surface area contributed by atoms with E-state index in [4.69, 9.17) is 85.3 Å². The Morgan fingerprint density at radius 1 is 0.192 bits per heavy atom. The standard InChI is InChI=1S/C90H126N6O24/c1-55(2)19-25-109-31-37-115-73-49-74(116-38-32-110-26-20-56(3)4)62-43-61(73)85(97)91-67-46-68(80(104-14)52-79(67)103-13)93-87(99)63-44-64(76(118-40-34-112-28-22-58(7)8)50-75(63)117-39-33-111-27-21-57(5)6)89(101)95-71-48-72(84(108-18)54-83(71)107-17)96-90(102)66-45-65(88(100)94-70-47-69(92-86(62)98)81(105-15)53-82(70)106-16)77(119-41-35-113-29-23-59(9)10)51-78(66)120-42-36-114-30-24-60(11)12/h43-60H,19-42H2,1-18H3,(H,91,97)(H,92,98)(H,93,99)(H,94,100)(H,95,101)(H,96,102). The molecular weight excluding hydrogens is 1550 g/mol. The first kappa shape index (κ1) is 96.6. The molecule has 6 N–H and O–H groups in total. The largest absolute Gasteiger partial charge is 0.494 e. The molecule has 0 fully saturated rings. The number of aromatic amines is 6. The number of hydrogen-bond acceptors (Lipinski definition) is 24. The van der Waals surface area contributed by atoms with Crippen LogP contribution in [0.25, 0.3) is 65.4 Å². The third kappa shape index (κ3) is 30.6.